The highest BCUT2D eigenvalue weighted by molar-refractivity contribution is 14.1. The summed E-state index contributed by atoms with van der Waals surface area (Å²) in [6.45, 7) is 0. The summed E-state index contributed by atoms with van der Waals surface area (Å²) in [4.78, 5) is 4.38. The van der Waals surface area contributed by atoms with E-state index in [0.717, 1.165) is 21.9 Å². The van der Waals surface area contributed by atoms with Gasteiger partial charge in [0.2, 0.25) is 10.0 Å². The molecule has 0 amide bonds. The highest BCUT2D eigenvalue weighted by atomic mass is 127. The molecule has 0 aliphatic carbocycles. The number of pyridine rings is 1. The standard InChI is InChI=1S/C16H13IN4O2S/c1-20-15-12(9-19-20)8-18-16-13(15)7-14(17)21(16)24(22,23)10-11-5-3-2-4-6-11/h2-9H,10H2,1H3. The zero-order valence-corrected chi connectivity index (χ0v) is 15.7. The lowest BCUT2D eigenvalue weighted by Gasteiger charge is -2.08. The molecule has 0 saturated heterocycles. The van der Waals surface area contributed by atoms with Gasteiger partial charge >= 0.3 is 0 Å². The summed E-state index contributed by atoms with van der Waals surface area (Å²) >= 11 is 2.04. The molecule has 0 bridgehead atoms. The van der Waals surface area contributed by atoms with Crippen LogP contribution in [0.15, 0.2) is 48.8 Å². The lowest BCUT2D eigenvalue weighted by Crippen LogP contribution is -2.16. The zero-order valence-electron chi connectivity index (χ0n) is 12.7. The summed E-state index contributed by atoms with van der Waals surface area (Å²) in [7, 11) is -1.74. The minimum Gasteiger partial charge on any atom is -0.267 e. The Bertz CT molecular complexity index is 1160. The molecule has 3 aromatic heterocycles. The molecule has 3 heterocycles. The van der Waals surface area contributed by atoms with Crippen molar-refractivity contribution < 1.29 is 8.42 Å². The fraction of sp³-hybridized carbons (Fsp3) is 0.125. The van der Waals surface area contributed by atoms with Crippen LogP contribution < -0.4 is 0 Å². The maximum atomic E-state index is 13.0. The van der Waals surface area contributed by atoms with Crippen LogP contribution in [0.5, 0.6) is 0 Å². The third-order valence-corrected chi connectivity index (χ3v) is 6.65. The Morgan fingerprint density at radius 1 is 1.17 bits per heavy atom. The Balaban J connectivity index is 1.95. The van der Waals surface area contributed by atoms with Gasteiger partial charge in [-0.3, -0.25) is 4.68 Å². The molecule has 1 aromatic carbocycles. The van der Waals surface area contributed by atoms with E-state index in [-0.39, 0.29) is 5.75 Å². The molecule has 0 saturated carbocycles. The third kappa shape index (κ3) is 2.40. The molecule has 4 aromatic rings. The Kier molecular flexibility index (Phi) is 3.61. The molecule has 0 N–H and O–H groups in total. The summed E-state index contributed by atoms with van der Waals surface area (Å²) in [5.41, 5.74) is 2.06. The van der Waals surface area contributed by atoms with Crippen molar-refractivity contribution in [2.24, 2.45) is 7.05 Å². The molecule has 0 spiro atoms. The predicted octanol–water partition coefficient (Wildman–Crippen LogP) is 2.91. The molecule has 8 heteroatoms. The predicted molar refractivity (Wildman–Crippen MR) is 101 cm³/mol. The van der Waals surface area contributed by atoms with Gasteiger partial charge in [-0.25, -0.2) is 17.4 Å². The van der Waals surface area contributed by atoms with E-state index in [1.807, 2.05) is 66.0 Å². The summed E-state index contributed by atoms with van der Waals surface area (Å²) in [6, 6.07) is 11.0. The molecule has 0 unspecified atom stereocenters. The smallest absolute Gasteiger partial charge is 0.245 e. The van der Waals surface area contributed by atoms with Gasteiger partial charge in [0.05, 0.1) is 21.2 Å². The van der Waals surface area contributed by atoms with E-state index < -0.39 is 10.0 Å². The molecule has 0 aliphatic rings. The molecule has 0 atom stereocenters. The third-order valence-electron chi connectivity index (χ3n) is 3.91. The van der Waals surface area contributed by atoms with Crippen molar-refractivity contribution in [1.82, 2.24) is 18.7 Å². The van der Waals surface area contributed by atoms with Crippen molar-refractivity contribution in [3.05, 3.63) is 58.1 Å². The van der Waals surface area contributed by atoms with Crippen LogP contribution in [0.4, 0.5) is 0 Å². The van der Waals surface area contributed by atoms with Gasteiger partial charge in [-0.1, -0.05) is 30.3 Å². The lowest BCUT2D eigenvalue weighted by atomic mass is 10.2. The molecule has 0 aliphatic heterocycles. The molecule has 122 valence electrons. The van der Waals surface area contributed by atoms with Crippen molar-refractivity contribution in [2.45, 2.75) is 5.75 Å². The topological polar surface area (TPSA) is 69.8 Å². The van der Waals surface area contributed by atoms with Gasteiger partial charge in [0.1, 0.15) is 0 Å². The van der Waals surface area contributed by atoms with Crippen LogP contribution in [0.2, 0.25) is 0 Å². The number of halogens is 1. The molecule has 4 rings (SSSR count). The van der Waals surface area contributed by atoms with Crippen molar-refractivity contribution in [2.75, 3.05) is 0 Å². The number of aromatic nitrogens is 4. The average Bonchev–Trinajstić information content (AvgIpc) is 3.07. The number of hydrogen-bond donors (Lipinski definition) is 0. The molecule has 0 radical (unpaired) electrons. The van der Waals surface area contributed by atoms with Gasteiger partial charge in [-0.15, -0.1) is 0 Å². The van der Waals surface area contributed by atoms with Crippen LogP contribution >= 0.6 is 22.6 Å². The van der Waals surface area contributed by atoms with E-state index in [0.29, 0.717) is 9.35 Å². The Morgan fingerprint density at radius 3 is 2.67 bits per heavy atom. The highest BCUT2D eigenvalue weighted by Crippen LogP contribution is 2.29. The van der Waals surface area contributed by atoms with E-state index in [9.17, 15) is 8.42 Å². The second kappa shape index (κ2) is 5.55. The van der Waals surface area contributed by atoms with E-state index in [2.05, 4.69) is 10.1 Å². The summed E-state index contributed by atoms with van der Waals surface area (Å²) in [6.07, 6.45) is 3.39. The largest absolute Gasteiger partial charge is 0.267 e. The van der Waals surface area contributed by atoms with Crippen LogP contribution in [0.1, 0.15) is 5.56 Å². The van der Waals surface area contributed by atoms with Gasteiger partial charge in [-0.05, 0) is 34.2 Å². The fourth-order valence-electron chi connectivity index (χ4n) is 2.87. The second-order valence-corrected chi connectivity index (χ2v) is 8.46. The zero-order chi connectivity index (χ0) is 16.9. The first-order chi connectivity index (χ1) is 11.5. The Labute approximate surface area is 152 Å². The first kappa shape index (κ1) is 15.6. The van der Waals surface area contributed by atoms with Crippen molar-refractivity contribution in [3.63, 3.8) is 0 Å². The Hall–Kier alpha value is -1.94. The molecule has 24 heavy (non-hydrogen) atoms. The van der Waals surface area contributed by atoms with Crippen molar-refractivity contribution in [1.29, 1.82) is 0 Å². The minimum atomic E-state index is -3.57. The fourth-order valence-corrected chi connectivity index (χ4v) is 5.78. The SMILES string of the molecule is Cn1ncc2cnc3c(cc(I)n3S(=O)(=O)Cc3ccccc3)c21. The van der Waals surface area contributed by atoms with E-state index in [1.165, 1.54) is 3.97 Å². The number of aryl methyl sites for hydroxylation is 1. The van der Waals surface area contributed by atoms with E-state index in [4.69, 9.17) is 0 Å². The van der Waals surface area contributed by atoms with Crippen LogP contribution in [0, 0.1) is 3.70 Å². The number of rotatable bonds is 3. The van der Waals surface area contributed by atoms with Gasteiger partial charge in [0.25, 0.3) is 0 Å². The van der Waals surface area contributed by atoms with E-state index in [1.54, 1.807) is 17.1 Å². The summed E-state index contributed by atoms with van der Waals surface area (Å²) in [5, 5.41) is 5.90. The molecule has 0 fully saturated rings. The normalized spacial score (nSPS) is 12.2. The summed E-state index contributed by atoms with van der Waals surface area (Å²) in [5.74, 6) is -0.0707. The second-order valence-electron chi connectivity index (χ2n) is 5.54. The molecule has 6 nitrogen and oxygen atoms in total. The maximum absolute atomic E-state index is 13.0. The van der Waals surface area contributed by atoms with Crippen molar-refractivity contribution >= 4 is 54.6 Å². The first-order valence-electron chi connectivity index (χ1n) is 7.22. The number of hydrogen-bond acceptors (Lipinski definition) is 4. The van der Waals surface area contributed by atoms with Crippen LogP contribution in [0.3, 0.4) is 0 Å². The number of nitrogens with zero attached hydrogens (tertiary/aromatic N) is 4. The van der Waals surface area contributed by atoms with Crippen LogP contribution in [-0.4, -0.2) is 27.2 Å². The maximum Gasteiger partial charge on any atom is 0.245 e. The van der Waals surface area contributed by atoms with Gasteiger partial charge in [-0.2, -0.15) is 5.10 Å². The monoisotopic (exact) mass is 452 g/mol. The summed E-state index contributed by atoms with van der Waals surface area (Å²) < 4.78 is 29.6. The molecular formula is C16H13IN4O2S. The number of benzene rings is 1. The quantitative estimate of drug-likeness (QED) is 0.449. The molecular weight excluding hydrogens is 439 g/mol. The van der Waals surface area contributed by atoms with Crippen molar-refractivity contribution in [3.8, 4) is 0 Å². The number of fused-ring (bicyclic) bond motifs is 3. The minimum absolute atomic E-state index is 0.0707. The van der Waals surface area contributed by atoms with Gasteiger partial charge in [0.15, 0.2) is 5.65 Å². The highest BCUT2D eigenvalue weighted by Gasteiger charge is 2.23. The van der Waals surface area contributed by atoms with E-state index >= 15 is 0 Å². The first-order valence-corrected chi connectivity index (χ1v) is 9.91. The van der Waals surface area contributed by atoms with Gasteiger partial charge in [0, 0.05) is 24.0 Å². The van der Waals surface area contributed by atoms with Gasteiger partial charge < -0.3 is 0 Å². The lowest BCUT2D eigenvalue weighted by molar-refractivity contribution is 0.587. The Morgan fingerprint density at radius 2 is 1.92 bits per heavy atom. The van der Waals surface area contributed by atoms with Crippen LogP contribution in [0.25, 0.3) is 21.9 Å². The average molecular weight is 452 g/mol. The van der Waals surface area contributed by atoms with Crippen LogP contribution in [-0.2, 0) is 22.8 Å².